The molecule has 110 valence electrons. The molecule has 0 spiro atoms. The monoisotopic (exact) mass is 307 g/mol. The normalized spacial score (nSPS) is 11.7. The molecule has 1 aromatic heterocycles. The van der Waals surface area contributed by atoms with Crippen LogP contribution in [0.15, 0.2) is 4.90 Å². The summed E-state index contributed by atoms with van der Waals surface area (Å²) in [6.45, 7) is 2.49. The maximum atomic E-state index is 11.9. The Morgan fingerprint density at radius 3 is 2.63 bits per heavy atom. The van der Waals surface area contributed by atoms with Crippen molar-refractivity contribution in [1.29, 1.82) is 0 Å². The van der Waals surface area contributed by atoms with Gasteiger partial charge in [0.25, 0.3) is 0 Å². The molecule has 4 N–H and O–H groups in total. The van der Waals surface area contributed by atoms with Crippen LogP contribution in [0, 0.1) is 0 Å². The molecule has 1 heterocycles. The van der Waals surface area contributed by atoms with Crippen molar-refractivity contribution in [3.8, 4) is 0 Å². The molecule has 0 radical (unpaired) electrons. The molecule has 0 aliphatic heterocycles. The van der Waals surface area contributed by atoms with Gasteiger partial charge in [-0.3, -0.25) is 0 Å². The first kappa shape index (κ1) is 16.2. The van der Waals surface area contributed by atoms with Gasteiger partial charge in [0.15, 0.2) is 15.7 Å². The van der Waals surface area contributed by atoms with Crippen molar-refractivity contribution in [2.24, 2.45) is 0 Å². The highest BCUT2D eigenvalue weighted by Gasteiger charge is 2.23. The van der Waals surface area contributed by atoms with Crippen LogP contribution in [0.5, 0.6) is 0 Å². The molecule has 0 fully saturated rings. The number of anilines is 2. The summed E-state index contributed by atoms with van der Waals surface area (Å²) in [6.07, 6.45) is 3.70. The number of nitrogens with zero attached hydrogens (tertiary/aromatic N) is 1. The molecule has 0 atom stereocenters. The maximum Gasteiger partial charge on any atom is 0.184 e. The first-order valence-electron chi connectivity index (χ1n) is 6.35. The first-order valence-corrected chi connectivity index (χ1v) is 8.78. The molecule has 0 saturated carbocycles. The fourth-order valence-electron chi connectivity index (χ4n) is 1.64. The highest BCUT2D eigenvalue weighted by molar-refractivity contribution is 7.91. The van der Waals surface area contributed by atoms with Gasteiger partial charge >= 0.3 is 0 Å². The third-order valence-electron chi connectivity index (χ3n) is 2.74. The van der Waals surface area contributed by atoms with Crippen LogP contribution in [0.3, 0.4) is 0 Å². The molecule has 19 heavy (non-hydrogen) atoms. The average Bonchev–Trinajstić information content (AvgIpc) is 2.75. The zero-order valence-corrected chi connectivity index (χ0v) is 12.7. The molecule has 0 aromatic carbocycles. The second-order valence-corrected chi connectivity index (χ2v) is 7.18. The van der Waals surface area contributed by atoms with Crippen LogP contribution >= 0.6 is 11.5 Å². The Morgan fingerprint density at radius 1 is 1.32 bits per heavy atom. The van der Waals surface area contributed by atoms with E-state index in [4.69, 9.17) is 10.8 Å². The van der Waals surface area contributed by atoms with Crippen molar-refractivity contribution < 1.29 is 13.5 Å². The zero-order chi connectivity index (χ0) is 14.3. The van der Waals surface area contributed by atoms with E-state index in [2.05, 4.69) is 9.69 Å². The van der Waals surface area contributed by atoms with Gasteiger partial charge in [-0.25, -0.2) is 8.42 Å². The van der Waals surface area contributed by atoms with Gasteiger partial charge in [0.1, 0.15) is 9.90 Å². The number of aliphatic hydroxyl groups excluding tert-OH is 1. The lowest BCUT2D eigenvalue weighted by molar-refractivity contribution is 0.283. The fourth-order valence-corrected chi connectivity index (χ4v) is 3.84. The Kier molecular flexibility index (Phi) is 6.53. The van der Waals surface area contributed by atoms with E-state index in [1.165, 1.54) is 0 Å². The van der Waals surface area contributed by atoms with E-state index in [0.717, 1.165) is 37.2 Å². The molecular weight excluding hydrogens is 286 g/mol. The number of aromatic nitrogens is 1. The molecule has 0 saturated heterocycles. The minimum Gasteiger partial charge on any atom is -0.396 e. The van der Waals surface area contributed by atoms with Crippen molar-refractivity contribution in [3.63, 3.8) is 0 Å². The molecule has 1 rings (SSSR count). The van der Waals surface area contributed by atoms with Gasteiger partial charge in [0.05, 0.1) is 5.75 Å². The topological polar surface area (TPSA) is 105 Å². The number of hydrogen-bond donors (Lipinski definition) is 3. The highest BCUT2D eigenvalue weighted by Crippen LogP contribution is 2.32. The van der Waals surface area contributed by atoms with Crippen molar-refractivity contribution >= 4 is 32.2 Å². The van der Waals surface area contributed by atoms with Crippen molar-refractivity contribution in [3.05, 3.63) is 0 Å². The lowest BCUT2D eigenvalue weighted by Crippen LogP contribution is -2.10. The van der Waals surface area contributed by atoms with Gasteiger partial charge in [-0.05, 0) is 24.4 Å². The summed E-state index contributed by atoms with van der Waals surface area (Å²) in [5, 5.41) is 12.3. The second kappa shape index (κ2) is 7.66. The summed E-state index contributed by atoms with van der Waals surface area (Å²) in [7, 11) is -3.34. The summed E-state index contributed by atoms with van der Waals surface area (Å²) in [5.41, 5.74) is 5.63. The van der Waals surface area contributed by atoms with Gasteiger partial charge in [0, 0.05) is 13.2 Å². The maximum absolute atomic E-state index is 11.9. The van der Waals surface area contributed by atoms with Crippen LogP contribution in [0.25, 0.3) is 0 Å². The van der Waals surface area contributed by atoms with Gasteiger partial charge in [0.2, 0.25) is 0 Å². The number of nitrogen functional groups attached to an aromatic ring is 1. The van der Waals surface area contributed by atoms with Crippen LogP contribution in [0.1, 0.15) is 32.6 Å². The van der Waals surface area contributed by atoms with Crippen LogP contribution in [0.4, 0.5) is 10.8 Å². The first-order chi connectivity index (χ1) is 9.03. The third-order valence-corrected chi connectivity index (χ3v) is 5.48. The minimum absolute atomic E-state index is 0.0147. The van der Waals surface area contributed by atoms with Crippen LogP contribution in [-0.4, -0.2) is 36.8 Å². The van der Waals surface area contributed by atoms with Gasteiger partial charge in [-0.2, -0.15) is 4.37 Å². The number of sulfone groups is 1. The minimum atomic E-state index is -3.34. The van der Waals surface area contributed by atoms with E-state index in [1.54, 1.807) is 6.92 Å². The Labute approximate surface area is 118 Å². The van der Waals surface area contributed by atoms with Crippen molar-refractivity contribution in [2.75, 3.05) is 30.0 Å². The molecular formula is C11H21N3O3S2. The number of nitrogens with one attached hydrogen (secondary N) is 1. The van der Waals surface area contributed by atoms with Crippen molar-refractivity contribution in [2.45, 2.75) is 37.5 Å². The Balaban J connectivity index is 2.56. The highest BCUT2D eigenvalue weighted by atomic mass is 32.2. The molecule has 0 aliphatic carbocycles. The SMILES string of the molecule is CCS(=O)(=O)c1c(N)nsc1NCCCCCCO. The van der Waals surface area contributed by atoms with E-state index in [1.807, 2.05) is 0 Å². The molecule has 1 aromatic rings. The van der Waals surface area contributed by atoms with E-state index in [-0.39, 0.29) is 23.1 Å². The standard InChI is InChI=1S/C11H21N3O3S2/c1-2-19(16,17)9-10(12)14-18-11(9)13-7-5-3-4-6-8-15/h13,15H,2-8H2,1H3,(H2,12,14). The van der Waals surface area contributed by atoms with E-state index >= 15 is 0 Å². The molecule has 6 nitrogen and oxygen atoms in total. The molecule has 8 heteroatoms. The van der Waals surface area contributed by atoms with E-state index in [9.17, 15) is 8.42 Å². The lowest BCUT2D eigenvalue weighted by Gasteiger charge is -2.06. The quantitative estimate of drug-likeness (QED) is 0.597. The Hall–Kier alpha value is -0.860. The smallest absolute Gasteiger partial charge is 0.184 e. The van der Waals surface area contributed by atoms with Crippen LogP contribution < -0.4 is 11.1 Å². The van der Waals surface area contributed by atoms with Crippen molar-refractivity contribution in [1.82, 2.24) is 4.37 Å². The number of aliphatic hydroxyl groups is 1. The lowest BCUT2D eigenvalue weighted by atomic mass is 10.2. The summed E-state index contributed by atoms with van der Waals surface area (Å²) in [4.78, 5) is 0.135. The fraction of sp³-hybridized carbons (Fsp3) is 0.727. The summed E-state index contributed by atoms with van der Waals surface area (Å²) in [6, 6.07) is 0. The molecule has 0 bridgehead atoms. The summed E-state index contributed by atoms with van der Waals surface area (Å²) in [5.74, 6) is 0.0930. The van der Waals surface area contributed by atoms with E-state index in [0.29, 0.717) is 11.5 Å². The Bertz CT molecular complexity index is 485. The molecule has 0 aliphatic rings. The van der Waals surface area contributed by atoms with Crippen LogP contribution in [-0.2, 0) is 9.84 Å². The predicted molar refractivity (Wildman–Crippen MR) is 78.3 cm³/mol. The van der Waals surface area contributed by atoms with Crippen LogP contribution in [0.2, 0.25) is 0 Å². The average molecular weight is 307 g/mol. The van der Waals surface area contributed by atoms with Gasteiger partial charge < -0.3 is 16.2 Å². The second-order valence-electron chi connectivity index (χ2n) is 4.19. The number of nitrogens with two attached hydrogens (primary N) is 1. The number of hydrogen-bond acceptors (Lipinski definition) is 7. The van der Waals surface area contributed by atoms with E-state index < -0.39 is 9.84 Å². The van der Waals surface area contributed by atoms with Gasteiger partial charge in [-0.15, -0.1) is 0 Å². The number of rotatable bonds is 9. The zero-order valence-electron chi connectivity index (χ0n) is 11.1. The Morgan fingerprint density at radius 2 is 2.00 bits per heavy atom. The predicted octanol–water partition coefficient (Wildman–Crippen LogP) is 1.48. The summed E-state index contributed by atoms with van der Waals surface area (Å²) >= 11 is 1.08. The third kappa shape index (κ3) is 4.63. The molecule has 0 amide bonds. The largest absolute Gasteiger partial charge is 0.396 e. The molecule has 0 unspecified atom stereocenters. The summed E-state index contributed by atoms with van der Waals surface area (Å²) < 4.78 is 27.7. The number of unbranched alkanes of at least 4 members (excludes halogenated alkanes) is 3. The van der Waals surface area contributed by atoms with Gasteiger partial charge in [-0.1, -0.05) is 19.8 Å².